The van der Waals surface area contributed by atoms with Crippen molar-refractivity contribution in [3.63, 3.8) is 0 Å². The summed E-state index contributed by atoms with van der Waals surface area (Å²) in [6.07, 6.45) is 0.126. The molecule has 1 amide bonds. The van der Waals surface area contributed by atoms with E-state index in [9.17, 15) is 9.18 Å². The summed E-state index contributed by atoms with van der Waals surface area (Å²) < 4.78 is 19.0. The molecule has 0 saturated carbocycles. The second-order valence-corrected chi connectivity index (χ2v) is 5.97. The molecule has 0 aromatic heterocycles. The third kappa shape index (κ3) is 4.56. The Hall–Kier alpha value is -1.88. The topological polar surface area (TPSA) is 38.3 Å². The second-order valence-electron chi connectivity index (χ2n) is 5.12. The molecule has 0 aliphatic rings. The van der Waals surface area contributed by atoms with Crippen LogP contribution in [-0.4, -0.2) is 12.0 Å². The van der Waals surface area contributed by atoms with E-state index in [1.807, 2.05) is 38.1 Å². The maximum Gasteiger partial charge on any atom is 0.252 e. The second kappa shape index (κ2) is 7.40. The van der Waals surface area contributed by atoms with Gasteiger partial charge in [0.05, 0.1) is 11.7 Å². The maximum atomic E-state index is 13.0. The minimum atomic E-state index is -0.385. The van der Waals surface area contributed by atoms with E-state index in [2.05, 4.69) is 21.2 Å². The first-order valence-electron chi connectivity index (χ1n) is 6.94. The Labute approximate surface area is 137 Å². The molecule has 22 heavy (non-hydrogen) atoms. The first-order chi connectivity index (χ1) is 10.5. The lowest BCUT2D eigenvalue weighted by atomic mass is 10.2. The molecule has 116 valence electrons. The van der Waals surface area contributed by atoms with Crippen molar-refractivity contribution < 1.29 is 13.9 Å². The fourth-order valence-corrected chi connectivity index (χ4v) is 2.44. The molecule has 2 aromatic rings. The van der Waals surface area contributed by atoms with Crippen molar-refractivity contribution in [1.82, 2.24) is 5.32 Å². The first-order valence-corrected chi connectivity index (χ1v) is 7.74. The molecule has 5 heteroatoms. The summed E-state index contributed by atoms with van der Waals surface area (Å²) in [5.41, 5.74) is 1.36. The number of halogens is 2. The van der Waals surface area contributed by atoms with E-state index >= 15 is 0 Å². The van der Waals surface area contributed by atoms with Crippen molar-refractivity contribution in [2.24, 2.45) is 0 Å². The molecule has 0 bridgehead atoms. The standard InChI is InChI=1S/C17H17BrFNO2/c1-11(2)22-14-6-3-12(4-7-14)10-20-17(21)15-8-5-13(19)9-16(15)18/h3-9,11H,10H2,1-2H3,(H,20,21). The number of carbonyl (C=O) groups is 1. The lowest BCUT2D eigenvalue weighted by Gasteiger charge is -2.11. The van der Waals surface area contributed by atoms with Crippen LogP contribution in [0.1, 0.15) is 29.8 Å². The van der Waals surface area contributed by atoms with Crippen LogP contribution in [0.4, 0.5) is 4.39 Å². The van der Waals surface area contributed by atoms with Gasteiger partial charge < -0.3 is 10.1 Å². The van der Waals surface area contributed by atoms with Crippen LogP contribution in [0.25, 0.3) is 0 Å². The number of amides is 1. The van der Waals surface area contributed by atoms with Crippen molar-refractivity contribution >= 4 is 21.8 Å². The maximum absolute atomic E-state index is 13.0. The smallest absolute Gasteiger partial charge is 0.252 e. The predicted octanol–water partition coefficient (Wildman–Crippen LogP) is 4.31. The zero-order chi connectivity index (χ0) is 16.1. The SMILES string of the molecule is CC(C)Oc1ccc(CNC(=O)c2ccc(F)cc2Br)cc1. The van der Waals surface area contributed by atoms with E-state index in [0.29, 0.717) is 16.6 Å². The lowest BCUT2D eigenvalue weighted by Crippen LogP contribution is -2.23. The molecular formula is C17H17BrFNO2. The summed E-state index contributed by atoms with van der Waals surface area (Å²) in [4.78, 5) is 12.1. The van der Waals surface area contributed by atoms with Gasteiger partial charge in [0.2, 0.25) is 0 Å². The van der Waals surface area contributed by atoms with Gasteiger partial charge in [-0.15, -0.1) is 0 Å². The molecule has 0 aliphatic heterocycles. The van der Waals surface area contributed by atoms with Crippen molar-refractivity contribution in [2.75, 3.05) is 0 Å². The monoisotopic (exact) mass is 365 g/mol. The van der Waals surface area contributed by atoms with E-state index in [1.165, 1.54) is 18.2 Å². The van der Waals surface area contributed by atoms with Gasteiger partial charge in [0.15, 0.2) is 0 Å². The summed E-state index contributed by atoms with van der Waals surface area (Å²) in [7, 11) is 0. The molecule has 0 aliphatic carbocycles. The predicted molar refractivity (Wildman–Crippen MR) is 87.5 cm³/mol. The van der Waals surface area contributed by atoms with E-state index in [0.717, 1.165) is 11.3 Å². The van der Waals surface area contributed by atoms with Crippen LogP contribution < -0.4 is 10.1 Å². The minimum Gasteiger partial charge on any atom is -0.491 e. The lowest BCUT2D eigenvalue weighted by molar-refractivity contribution is 0.0950. The molecule has 0 heterocycles. The summed E-state index contributed by atoms with van der Waals surface area (Å²) in [5, 5.41) is 2.80. The molecule has 0 radical (unpaired) electrons. The van der Waals surface area contributed by atoms with Gasteiger partial charge in [0.1, 0.15) is 11.6 Å². The molecule has 2 rings (SSSR count). The molecule has 0 unspecified atom stereocenters. The van der Waals surface area contributed by atoms with Crippen LogP contribution in [0, 0.1) is 5.82 Å². The largest absolute Gasteiger partial charge is 0.491 e. The number of benzene rings is 2. The molecule has 0 fully saturated rings. The Kier molecular flexibility index (Phi) is 5.55. The summed E-state index contributed by atoms with van der Waals surface area (Å²) in [5.74, 6) is 0.157. The average molecular weight is 366 g/mol. The first kappa shape index (κ1) is 16.5. The van der Waals surface area contributed by atoms with Gasteiger partial charge in [0, 0.05) is 11.0 Å². The van der Waals surface area contributed by atoms with E-state index in [-0.39, 0.29) is 17.8 Å². The molecule has 0 spiro atoms. The van der Waals surface area contributed by atoms with Crippen molar-refractivity contribution in [3.8, 4) is 5.75 Å². The number of nitrogens with one attached hydrogen (secondary N) is 1. The van der Waals surface area contributed by atoms with E-state index in [1.54, 1.807) is 0 Å². The van der Waals surface area contributed by atoms with Crippen LogP contribution in [0.15, 0.2) is 46.9 Å². The number of ether oxygens (including phenoxy) is 1. The number of hydrogen-bond donors (Lipinski definition) is 1. The third-order valence-corrected chi connectivity index (χ3v) is 3.58. The van der Waals surface area contributed by atoms with Gasteiger partial charge in [-0.25, -0.2) is 4.39 Å². The highest BCUT2D eigenvalue weighted by Crippen LogP contribution is 2.18. The average Bonchev–Trinajstić information content (AvgIpc) is 2.45. The minimum absolute atomic E-state index is 0.126. The molecule has 0 atom stereocenters. The molecule has 3 nitrogen and oxygen atoms in total. The summed E-state index contributed by atoms with van der Waals surface area (Å²) >= 11 is 3.19. The van der Waals surface area contributed by atoms with Crippen molar-refractivity contribution in [2.45, 2.75) is 26.5 Å². The van der Waals surface area contributed by atoms with Gasteiger partial charge >= 0.3 is 0 Å². The van der Waals surface area contributed by atoms with E-state index in [4.69, 9.17) is 4.74 Å². The molecule has 0 saturated heterocycles. The van der Waals surface area contributed by atoms with Crippen LogP contribution in [-0.2, 0) is 6.54 Å². The number of rotatable bonds is 5. The molecule has 1 N–H and O–H groups in total. The van der Waals surface area contributed by atoms with Crippen LogP contribution in [0.5, 0.6) is 5.75 Å². The molecular weight excluding hydrogens is 349 g/mol. The van der Waals surface area contributed by atoms with Crippen molar-refractivity contribution in [1.29, 1.82) is 0 Å². The van der Waals surface area contributed by atoms with Gasteiger partial charge in [0.25, 0.3) is 5.91 Å². The highest BCUT2D eigenvalue weighted by Gasteiger charge is 2.10. The molecule has 2 aromatic carbocycles. The number of carbonyl (C=O) groups excluding carboxylic acids is 1. The van der Waals surface area contributed by atoms with Crippen LogP contribution in [0.2, 0.25) is 0 Å². The normalized spacial score (nSPS) is 10.6. The Morgan fingerprint density at radius 2 is 1.91 bits per heavy atom. The Balaban J connectivity index is 1.96. The van der Waals surface area contributed by atoms with Crippen LogP contribution in [0.3, 0.4) is 0 Å². The van der Waals surface area contributed by atoms with Gasteiger partial charge in [-0.1, -0.05) is 12.1 Å². The Morgan fingerprint density at radius 1 is 1.23 bits per heavy atom. The fraction of sp³-hybridized carbons (Fsp3) is 0.235. The van der Waals surface area contributed by atoms with Gasteiger partial charge in [-0.2, -0.15) is 0 Å². The summed E-state index contributed by atoms with van der Waals surface area (Å²) in [6, 6.07) is 11.5. The van der Waals surface area contributed by atoms with Gasteiger partial charge in [-0.05, 0) is 65.7 Å². The highest BCUT2D eigenvalue weighted by molar-refractivity contribution is 9.10. The third-order valence-electron chi connectivity index (χ3n) is 2.92. The summed E-state index contributed by atoms with van der Waals surface area (Å²) in [6.45, 7) is 4.33. The highest BCUT2D eigenvalue weighted by atomic mass is 79.9. The fourth-order valence-electron chi connectivity index (χ4n) is 1.91. The van der Waals surface area contributed by atoms with Crippen LogP contribution >= 0.6 is 15.9 Å². The van der Waals surface area contributed by atoms with Gasteiger partial charge in [-0.3, -0.25) is 4.79 Å². The zero-order valence-electron chi connectivity index (χ0n) is 12.4. The quantitative estimate of drug-likeness (QED) is 0.857. The Morgan fingerprint density at radius 3 is 2.50 bits per heavy atom. The van der Waals surface area contributed by atoms with Crippen molar-refractivity contribution in [3.05, 3.63) is 63.9 Å². The van der Waals surface area contributed by atoms with E-state index < -0.39 is 0 Å². The zero-order valence-corrected chi connectivity index (χ0v) is 14.0. The Bertz CT molecular complexity index is 656. The number of hydrogen-bond acceptors (Lipinski definition) is 2.